The molecule has 1 amide bonds. The molecule has 5 heteroatoms. The first-order valence-corrected chi connectivity index (χ1v) is 7.66. The van der Waals surface area contributed by atoms with Crippen LogP contribution in [-0.4, -0.2) is 37.0 Å². The van der Waals surface area contributed by atoms with E-state index >= 15 is 0 Å². The molecule has 0 heterocycles. The minimum Gasteiger partial charge on any atom is -0.489 e. The normalized spacial score (nSPS) is 11.5. The Morgan fingerprint density at radius 3 is 2.21 bits per heavy atom. The molecule has 0 bridgehead atoms. The molecule has 0 aliphatic rings. The van der Waals surface area contributed by atoms with E-state index in [4.69, 9.17) is 9.47 Å². The Balaban J connectivity index is 1.91. The lowest BCUT2D eigenvalue weighted by Crippen LogP contribution is -2.34. The van der Waals surface area contributed by atoms with Gasteiger partial charge in [0.25, 0.3) is 5.91 Å². The number of nitrogens with zero attached hydrogens (tertiary/aromatic N) is 1. The van der Waals surface area contributed by atoms with Gasteiger partial charge in [0.05, 0.1) is 5.56 Å². The molecule has 126 valence electrons. The lowest BCUT2D eigenvalue weighted by molar-refractivity contribution is -0.137. The van der Waals surface area contributed by atoms with Crippen molar-refractivity contribution in [2.24, 2.45) is 0 Å². The molecule has 0 N–H and O–H groups in total. The van der Waals surface area contributed by atoms with Gasteiger partial charge in [0, 0.05) is 14.1 Å². The first kappa shape index (κ1) is 17.5. The van der Waals surface area contributed by atoms with Gasteiger partial charge in [-0.05, 0) is 36.8 Å². The molecule has 0 spiro atoms. The number of ether oxygens (including phenoxy) is 2. The van der Waals surface area contributed by atoms with Crippen molar-refractivity contribution in [3.05, 3.63) is 65.7 Å². The number of likely N-dealkylation sites (N-methyl/N-ethyl adjacent to an activating group) is 1. The zero-order valence-electron chi connectivity index (χ0n) is 14.1. The van der Waals surface area contributed by atoms with Crippen LogP contribution >= 0.6 is 0 Å². The molecular formula is C19H21NO4. The highest BCUT2D eigenvalue weighted by Gasteiger charge is 2.20. The van der Waals surface area contributed by atoms with Gasteiger partial charge in [-0.15, -0.1) is 0 Å². The molecule has 0 saturated carbocycles. The lowest BCUT2D eigenvalue weighted by Gasteiger charge is -2.17. The van der Waals surface area contributed by atoms with Crippen LogP contribution in [0.3, 0.4) is 0 Å². The van der Waals surface area contributed by atoms with Crippen LogP contribution in [0.1, 0.15) is 22.8 Å². The van der Waals surface area contributed by atoms with Crippen LogP contribution in [0.25, 0.3) is 0 Å². The van der Waals surface area contributed by atoms with Crippen LogP contribution in [0.4, 0.5) is 0 Å². The van der Waals surface area contributed by atoms with E-state index in [1.807, 2.05) is 30.3 Å². The van der Waals surface area contributed by atoms with Gasteiger partial charge in [0.2, 0.25) is 0 Å². The van der Waals surface area contributed by atoms with E-state index in [9.17, 15) is 9.59 Å². The maximum Gasteiger partial charge on any atom is 0.338 e. The number of hydrogen-bond acceptors (Lipinski definition) is 4. The Bertz CT molecular complexity index is 680. The fourth-order valence-corrected chi connectivity index (χ4v) is 2.07. The highest BCUT2D eigenvalue weighted by Crippen LogP contribution is 2.15. The fraction of sp³-hybridized carbons (Fsp3) is 0.263. The molecule has 24 heavy (non-hydrogen) atoms. The summed E-state index contributed by atoms with van der Waals surface area (Å²) in [5, 5.41) is 0. The number of rotatable bonds is 6. The summed E-state index contributed by atoms with van der Waals surface area (Å²) in [4.78, 5) is 25.1. The topological polar surface area (TPSA) is 55.8 Å². The van der Waals surface area contributed by atoms with Gasteiger partial charge >= 0.3 is 5.97 Å². The Morgan fingerprint density at radius 2 is 1.62 bits per heavy atom. The molecule has 2 aromatic rings. The van der Waals surface area contributed by atoms with Gasteiger partial charge in [-0.2, -0.15) is 0 Å². The third kappa shape index (κ3) is 4.84. The molecule has 0 aliphatic carbocycles. The van der Waals surface area contributed by atoms with E-state index in [1.165, 1.54) is 4.90 Å². The molecule has 0 aromatic heterocycles. The summed E-state index contributed by atoms with van der Waals surface area (Å²) in [6, 6.07) is 16.5. The predicted molar refractivity (Wildman–Crippen MR) is 90.8 cm³/mol. The van der Waals surface area contributed by atoms with Gasteiger partial charge in [-0.25, -0.2) is 4.79 Å². The van der Waals surface area contributed by atoms with Crippen molar-refractivity contribution >= 4 is 11.9 Å². The highest BCUT2D eigenvalue weighted by atomic mass is 16.5. The van der Waals surface area contributed by atoms with Crippen LogP contribution in [0.15, 0.2) is 54.6 Å². The molecule has 1 unspecified atom stereocenters. The van der Waals surface area contributed by atoms with Crippen LogP contribution in [0.2, 0.25) is 0 Å². The quantitative estimate of drug-likeness (QED) is 0.766. The molecule has 0 radical (unpaired) electrons. The van der Waals surface area contributed by atoms with Gasteiger partial charge in [-0.3, -0.25) is 4.79 Å². The Labute approximate surface area is 141 Å². The Kier molecular flexibility index (Phi) is 5.95. The second-order valence-corrected chi connectivity index (χ2v) is 5.58. The molecular weight excluding hydrogens is 306 g/mol. The lowest BCUT2D eigenvalue weighted by atomic mass is 10.2. The van der Waals surface area contributed by atoms with Gasteiger partial charge in [0.1, 0.15) is 12.4 Å². The molecule has 0 fully saturated rings. The predicted octanol–water partition coefficient (Wildman–Crippen LogP) is 2.90. The maximum absolute atomic E-state index is 12.0. The third-order valence-corrected chi connectivity index (χ3v) is 3.41. The standard InChI is InChI=1S/C19H21NO4/c1-14(18(21)20(2)3)24-19(22)16-9-11-17(12-10-16)23-13-15-7-5-4-6-8-15/h4-12,14H,13H2,1-3H3. The molecule has 1 atom stereocenters. The summed E-state index contributed by atoms with van der Waals surface area (Å²) < 4.78 is 10.8. The summed E-state index contributed by atoms with van der Waals surface area (Å²) in [5.41, 5.74) is 1.44. The maximum atomic E-state index is 12.0. The van der Waals surface area contributed by atoms with Crippen molar-refractivity contribution in [2.45, 2.75) is 19.6 Å². The van der Waals surface area contributed by atoms with E-state index < -0.39 is 12.1 Å². The average Bonchev–Trinajstić information content (AvgIpc) is 2.60. The van der Waals surface area contributed by atoms with Crippen LogP contribution < -0.4 is 4.74 Å². The average molecular weight is 327 g/mol. The molecule has 5 nitrogen and oxygen atoms in total. The van der Waals surface area contributed by atoms with Gasteiger partial charge in [0.15, 0.2) is 6.10 Å². The van der Waals surface area contributed by atoms with E-state index in [0.29, 0.717) is 17.9 Å². The largest absolute Gasteiger partial charge is 0.489 e. The van der Waals surface area contributed by atoms with Crippen molar-refractivity contribution in [3.8, 4) is 5.75 Å². The minimum absolute atomic E-state index is 0.258. The summed E-state index contributed by atoms with van der Waals surface area (Å²) in [5.74, 6) is -0.133. The fourth-order valence-electron chi connectivity index (χ4n) is 2.07. The smallest absolute Gasteiger partial charge is 0.338 e. The van der Waals surface area contributed by atoms with Crippen molar-refractivity contribution in [3.63, 3.8) is 0 Å². The van der Waals surface area contributed by atoms with E-state index in [-0.39, 0.29) is 5.91 Å². The van der Waals surface area contributed by atoms with Crippen LogP contribution in [0, 0.1) is 0 Å². The number of carbonyl (C=O) groups excluding carboxylic acids is 2. The number of hydrogen-bond donors (Lipinski definition) is 0. The number of esters is 1. The first-order chi connectivity index (χ1) is 11.5. The highest BCUT2D eigenvalue weighted by molar-refractivity contribution is 5.92. The Hall–Kier alpha value is -2.82. The van der Waals surface area contributed by atoms with Crippen molar-refractivity contribution in [2.75, 3.05) is 14.1 Å². The third-order valence-electron chi connectivity index (χ3n) is 3.41. The number of carbonyl (C=O) groups is 2. The van der Waals surface area contributed by atoms with Gasteiger partial charge < -0.3 is 14.4 Å². The van der Waals surface area contributed by atoms with Crippen LogP contribution in [0.5, 0.6) is 5.75 Å². The summed E-state index contributed by atoms with van der Waals surface area (Å²) in [6.07, 6.45) is -0.818. The minimum atomic E-state index is -0.818. The molecule has 0 aliphatic heterocycles. The van der Waals surface area contributed by atoms with Crippen LogP contribution in [-0.2, 0) is 16.1 Å². The zero-order chi connectivity index (χ0) is 17.5. The van der Waals surface area contributed by atoms with Crippen molar-refractivity contribution < 1.29 is 19.1 Å². The van der Waals surface area contributed by atoms with Gasteiger partial charge in [-0.1, -0.05) is 30.3 Å². The zero-order valence-corrected chi connectivity index (χ0v) is 14.1. The van der Waals surface area contributed by atoms with E-state index in [1.54, 1.807) is 45.3 Å². The van der Waals surface area contributed by atoms with Crippen molar-refractivity contribution in [1.29, 1.82) is 0 Å². The molecule has 0 saturated heterocycles. The second kappa shape index (κ2) is 8.15. The first-order valence-electron chi connectivity index (χ1n) is 7.66. The number of benzene rings is 2. The summed E-state index contributed by atoms with van der Waals surface area (Å²) in [7, 11) is 3.23. The Morgan fingerprint density at radius 1 is 1.00 bits per heavy atom. The SMILES string of the molecule is CC(OC(=O)c1ccc(OCc2ccccc2)cc1)C(=O)N(C)C. The monoisotopic (exact) mass is 327 g/mol. The van der Waals surface area contributed by atoms with E-state index in [2.05, 4.69) is 0 Å². The number of amides is 1. The van der Waals surface area contributed by atoms with E-state index in [0.717, 1.165) is 5.56 Å². The molecule has 2 aromatic carbocycles. The molecule has 2 rings (SSSR count). The van der Waals surface area contributed by atoms with Crippen molar-refractivity contribution in [1.82, 2.24) is 4.90 Å². The summed E-state index contributed by atoms with van der Waals surface area (Å²) >= 11 is 0. The summed E-state index contributed by atoms with van der Waals surface area (Å²) in [6.45, 7) is 2.01. The second-order valence-electron chi connectivity index (χ2n) is 5.58.